The molecule has 1 amide bonds. The SMILES string of the molecule is Nc1ccc(/C=C/C(=O)NCc2cc3cc(-c4ccc(C(=C5CC5)N5CCC(F)(F)CC5)cc4)cc(-c4c(F)cc(F)cc4F)c3o2)cn1. The molecule has 3 heterocycles. The first-order valence-electron chi connectivity index (χ1n) is 15.9. The Labute approximate surface area is 278 Å². The van der Waals surface area contributed by atoms with Crippen molar-refractivity contribution in [2.24, 2.45) is 0 Å². The Kier molecular flexibility index (Phi) is 8.43. The number of rotatable bonds is 8. The quantitative estimate of drug-likeness (QED) is 0.127. The van der Waals surface area contributed by atoms with E-state index in [1.165, 1.54) is 17.8 Å². The Morgan fingerprint density at radius 1 is 0.939 bits per heavy atom. The fourth-order valence-corrected chi connectivity index (χ4v) is 6.15. The third-order valence-electron chi connectivity index (χ3n) is 8.75. The fourth-order valence-electron chi connectivity index (χ4n) is 6.15. The van der Waals surface area contributed by atoms with Crippen molar-refractivity contribution in [3.05, 3.63) is 119 Å². The molecule has 49 heavy (non-hydrogen) atoms. The van der Waals surface area contributed by atoms with Gasteiger partial charge in [-0.3, -0.25) is 4.79 Å². The molecular formula is C38H31F5N4O2. The Bertz CT molecular complexity index is 2080. The van der Waals surface area contributed by atoms with E-state index in [0.717, 1.165) is 29.7 Å². The van der Waals surface area contributed by atoms with Crippen molar-refractivity contribution in [2.45, 2.75) is 38.2 Å². The first-order valence-corrected chi connectivity index (χ1v) is 15.9. The maximum atomic E-state index is 15.2. The van der Waals surface area contributed by atoms with Gasteiger partial charge >= 0.3 is 0 Å². The van der Waals surface area contributed by atoms with Crippen LogP contribution in [0.15, 0.2) is 89.0 Å². The number of pyridine rings is 1. The molecule has 3 N–H and O–H groups in total. The second-order valence-electron chi connectivity index (χ2n) is 12.3. The number of amides is 1. The van der Waals surface area contributed by atoms with Gasteiger partial charge < -0.3 is 20.4 Å². The topological polar surface area (TPSA) is 84.4 Å². The maximum absolute atomic E-state index is 15.2. The molecule has 2 aromatic heterocycles. The minimum absolute atomic E-state index is 0.0183. The molecule has 7 rings (SSSR count). The largest absolute Gasteiger partial charge is 0.459 e. The van der Waals surface area contributed by atoms with Gasteiger partial charge in [0.2, 0.25) is 5.91 Å². The van der Waals surface area contributed by atoms with Gasteiger partial charge in [0.1, 0.15) is 34.6 Å². The van der Waals surface area contributed by atoms with Crippen molar-refractivity contribution in [2.75, 3.05) is 18.8 Å². The number of aromatic nitrogens is 1. The highest BCUT2D eigenvalue weighted by Gasteiger charge is 2.36. The van der Waals surface area contributed by atoms with Gasteiger partial charge in [-0.2, -0.15) is 0 Å². The normalized spacial score (nSPS) is 15.6. The van der Waals surface area contributed by atoms with E-state index >= 15 is 8.78 Å². The van der Waals surface area contributed by atoms with Gasteiger partial charge in [-0.15, -0.1) is 0 Å². The number of alkyl halides is 2. The molecule has 5 aromatic rings. The Hall–Kier alpha value is -5.45. The molecule has 0 atom stereocenters. The molecule has 2 aliphatic rings. The lowest BCUT2D eigenvalue weighted by atomic mass is 9.95. The third-order valence-corrected chi connectivity index (χ3v) is 8.75. The van der Waals surface area contributed by atoms with Gasteiger partial charge in [-0.05, 0) is 77.1 Å². The molecule has 250 valence electrons. The summed E-state index contributed by atoms with van der Waals surface area (Å²) in [7, 11) is 0. The van der Waals surface area contributed by atoms with E-state index in [0.29, 0.717) is 40.2 Å². The molecule has 0 radical (unpaired) electrons. The van der Waals surface area contributed by atoms with Gasteiger partial charge in [0.05, 0.1) is 12.1 Å². The minimum atomic E-state index is -2.65. The van der Waals surface area contributed by atoms with E-state index in [9.17, 15) is 18.0 Å². The lowest BCUT2D eigenvalue weighted by molar-refractivity contribution is -0.116. The second kappa shape index (κ2) is 12.9. The summed E-state index contributed by atoms with van der Waals surface area (Å²) in [6, 6.07) is 17.2. The molecule has 1 aliphatic heterocycles. The lowest BCUT2D eigenvalue weighted by Crippen LogP contribution is -2.38. The zero-order chi connectivity index (χ0) is 34.3. The Morgan fingerprint density at radius 2 is 1.65 bits per heavy atom. The van der Waals surface area contributed by atoms with Crippen molar-refractivity contribution < 1.29 is 31.2 Å². The molecule has 1 aliphatic carbocycles. The maximum Gasteiger partial charge on any atom is 0.251 e. The summed E-state index contributed by atoms with van der Waals surface area (Å²) >= 11 is 0. The number of hydrogen-bond acceptors (Lipinski definition) is 5. The van der Waals surface area contributed by atoms with E-state index in [1.54, 1.807) is 30.3 Å². The summed E-state index contributed by atoms with van der Waals surface area (Å²) in [6.07, 6.45) is 5.92. The first-order chi connectivity index (χ1) is 23.5. The highest BCUT2D eigenvalue weighted by atomic mass is 19.3. The average Bonchev–Trinajstić information content (AvgIpc) is 3.81. The molecule has 3 aromatic carbocycles. The average molecular weight is 671 g/mol. The highest BCUT2D eigenvalue weighted by Crippen LogP contribution is 2.42. The predicted octanol–water partition coefficient (Wildman–Crippen LogP) is 8.73. The van der Waals surface area contributed by atoms with Crippen LogP contribution in [0.5, 0.6) is 0 Å². The summed E-state index contributed by atoms with van der Waals surface area (Å²) in [5, 5.41) is 3.24. The zero-order valence-electron chi connectivity index (χ0n) is 26.2. The molecule has 11 heteroatoms. The molecule has 1 saturated heterocycles. The number of halogens is 5. The van der Waals surface area contributed by atoms with Crippen molar-refractivity contribution in [3.8, 4) is 22.3 Å². The number of allylic oxidation sites excluding steroid dienone is 1. The number of likely N-dealkylation sites (tertiary alicyclic amines) is 1. The molecular weight excluding hydrogens is 639 g/mol. The van der Waals surface area contributed by atoms with E-state index < -0.39 is 34.8 Å². The molecule has 6 nitrogen and oxygen atoms in total. The molecule has 1 saturated carbocycles. The number of nitrogens with zero attached hydrogens (tertiary/aromatic N) is 2. The van der Waals surface area contributed by atoms with Crippen molar-refractivity contribution >= 4 is 34.5 Å². The number of carbonyl (C=O) groups excluding carboxylic acids is 1. The van der Waals surface area contributed by atoms with E-state index in [2.05, 4.69) is 10.3 Å². The summed E-state index contributed by atoms with van der Waals surface area (Å²) in [6.45, 7) is 0.541. The van der Waals surface area contributed by atoms with Crippen LogP contribution in [0.2, 0.25) is 0 Å². The van der Waals surface area contributed by atoms with E-state index in [1.807, 2.05) is 35.2 Å². The van der Waals surface area contributed by atoms with Crippen LogP contribution in [0.4, 0.5) is 27.8 Å². The first kappa shape index (κ1) is 32.1. The Balaban J connectivity index is 1.20. The van der Waals surface area contributed by atoms with Crippen LogP contribution < -0.4 is 11.1 Å². The van der Waals surface area contributed by atoms with Crippen LogP contribution in [0.25, 0.3) is 45.0 Å². The number of carbonyl (C=O) groups is 1. The summed E-state index contributed by atoms with van der Waals surface area (Å²) in [4.78, 5) is 18.5. The Morgan fingerprint density at radius 3 is 2.31 bits per heavy atom. The molecule has 0 unspecified atom stereocenters. The number of anilines is 1. The third kappa shape index (κ3) is 7.06. The monoisotopic (exact) mass is 670 g/mol. The standard InChI is InChI=1S/C38H31F5N4O2/c39-28-18-31(40)35(32(41)19-28)30-17-26(23-3-5-24(6-4-23)36(25-7-8-25)47-13-11-38(42,43)12-14-47)15-27-16-29(49-37(27)30)21-46-34(48)10-2-22-1-9-33(44)45-20-22/h1-6,9-10,15-20H,7-8,11-14,21H2,(H2,44,45)(H,46,48)/b10-2+. The van der Waals surface area contributed by atoms with Crippen molar-refractivity contribution in [1.29, 1.82) is 0 Å². The fraction of sp³-hybridized carbons (Fsp3) is 0.211. The summed E-state index contributed by atoms with van der Waals surface area (Å²) in [5.74, 6) is -5.60. The smallest absolute Gasteiger partial charge is 0.251 e. The number of benzene rings is 3. The summed E-state index contributed by atoms with van der Waals surface area (Å²) in [5.41, 5.74) is 10.6. The zero-order valence-corrected chi connectivity index (χ0v) is 26.2. The van der Waals surface area contributed by atoms with Gasteiger partial charge in [0, 0.05) is 67.0 Å². The summed E-state index contributed by atoms with van der Waals surface area (Å²) < 4.78 is 78.0. The molecule has 0 spiro atoms. The lowest BCUT2D eigenvalue weighted by Gasteiger charge is -2.35. The van der Waals surface area contributed by atoms with Crippen LogP contribution in [0.1, 0.15) is 42.6 Å². The number of piperidine rings is 1. The number of nitrogen functional groups attached to an aromatic ring is 1. The number of furan rings is 1. The van der Waals surface area contributed by atoms with Crippen molar-refractivity contribution in [1.82, 2.24) is 15.2 Å². The van der Waals surface area contributed by atoms with Crippen LogP contribution in [-0.2, 0) is 11.3 Å². The number of nitrogens with two attached hydrogens (primary N) is 1. The highest BCUT2D eigenvalue weighted by molar-refractivity contribution is 5.97. The van der Waals surface area contributed by atoms with E-state index in [4.69, 9.17) is 10.2 Å². The van der Waals surface area contributed by atoms with Crippen LogP contribution in [0.3, 0.4) is 0 Å². The van der Waals surface area contributed by atoms with Crippen LogP contribution in [-0.4, -0.2) is 34.8 Å². The second-order valence-corrected chi connectivity index (χ2v) is 12.3. The van der Waals surface area contributed by atoms with E-state index in [-0.39, 0.29) is 43.6 Å². The van der Waals surface area contributed by atoms with Gasteiger partial charge in [0.15, 0.2) is 0 Å². The number of hydrogen-bond donors (Lipinski definition) is 2. The minimum Gasteiger partial charge on any atom is -0.459 e. The van der Waals surface area contributed by atoms with Gasteiger partial charge in [-0.25, -0.2) is 26.9 Å². The molecule has 2 fully saturated rings. The number of nitrogens with one attached hydrogen (secondary N) is 1. The molecule has 0 bridgehead atoms. The van der Waals surface area contributed by atoms with Gasteiger partial charge in [-0.1, -0.05) is 24.3 Å². The van der Waals surface area contributed by atoms with Crippen molar-refractivity contribution in [3.63, 3.8) is 0 Å². The van der Waals surface area contributed by atoms with Crippen LogP contribution in [0, 0.1) is 17.5 Å². The van der Waals surface area contributed by atoms with Crippen LogP contribution >= 0.6 is 0 Å². The predicted molar refractivity (Wildman–Crippen MR) is 178 cm³/mol. The van der Waals surface area contributed by atoms with Gasteiger partial charge in [0.25, 0.3) is 5.92 Å². The number of fused-ring (bicyclic) bond motifs is 1.